The summed E-state index contributed by atoms with van der Waals surface area (Å²) in [6.07, 6.45) is 0.00483. The minimum atomic E-state index is -0.544. The third kappa shape index (κ3) is 2.82. The molecule has 0 radical (unpaired) electrons. The Morgan fingerprint density at radius 3 is 2.94 bits per heavy atom. The average molecular weight is 254 g/mol. The molecule has 0 aliphatic carbocycles. The summed E-state index contributed by atoms with van der Waals surface area (Å²) in [5.41, 5.74) is 1.97. The van der Waals surface area contributed by atoms with E-state index in [2.05, 4.69) is 4.98 Å². The van der Waals surface area contributed by atoms with E-state index in [4.69, 9.17) is 11.6 Å². The fourth-order valence-electron chi connectivity index (χ4n) is 1.50. The molecule has 4 heteroatoms. The number of nitrogens with zero attached hydrogens (tertiary/aromatic N) is 1. The quantitative estimate of drug-likeness (QED) is 0.910. The third-order valence-electron chi connectivity index (χ3n) is 2.24. The van der Waals surface area contributed by atoms with Crippen LogP contribution in [0.1, 0.15) is 22.4 Å². The maximum atomic E-state index is 9.98. The molecule has 1 heterocycles. The van der Waals surface area contributed by atoms with Crippen molar-refractivity contribution in [2.45, 2.75) is 19.4 Å². The standard InChI is InChI=1S/C12H12ClNOS/c1-8-7-16-12(14-8)11(15)6-9-3-2-4-10(13)5-9/h2-5,7,11,15H,6H2,1H3. The van der Waals surface area contributed by atoms with Crippen molar-refractivity contribution in [3.05, 3.63) is 50.9 Å². The third-order valence-corrected chi connectivity index (χ3v) is 3.54. The molecule has 84 valence electrons. The molecule has 1 atom stereocenters. The predicted molar refractivity (Wildman–Crippen MR) is 67.0 cm³/mol. The van der Waals surface area contributed by atoms with Gasteiger partial charge < -0.3 is 5.11 Å². The largest absolute Gasteiger partial charge is 0.386 e. The van der Waals surface area contributed by atoms with Crippen LogP contribution >= 0.6 is 22.9 Å². The van der Waals surface area contributed by atoms with Crippen molar-refractivity contribution in [2.75, 3.05) is 0 Å². The van der Waals surface area contributed by atoms with Crippen LogP contribution in [0.4, 0.5) is 0 Å². The van der Waals surface area contributed by atoms with Gasteiger partial charge in [-0.15, -0.1) is 11.3 Å². The number of rotatable bonds is 3. The first kappa shape index (κ1) is 11.6. The van der Waals surface area contributed by atoms with Crippen LogP contribution in [0.25, 0.3) is 0 Å². The molecule has 2 nitrogen and oxygen atoms in total. The Bertz CT molecular complexity index is 483. The second-order valence-electron chi connectivity index (χ2n) is 3.68. The van der Waals surface area contributed by atoms with Crippen molar-refractivity contribution < 1.29 is 5.11 Å². The van der Waals surface area contributed by atoms with E-state index in [0.717, 1.165) is 16.3 Å². The molecule has 0 saturated heterocycles. The lowest BCUT2D eigenvalue weighted by molar-refractivity contribution is 0.178. The highest BCUT2D eigenvalue weighted by Crippen LogP contribution is 2.22. The summed E-state index contributed by atoms with van der Waals surface area (Å²) in [7, 11) is 0. The van der Waals surface area contributed by atoms with Gasteiger partial charge in [0.1, 0.15) is 11.1 Å². The van der Waals surface area contributed by atoms with Crippen molar-refractivity contribution in [2.24, 2.45) is 0 Å². The van der Waals surface area contributed by atoms with Crippen LogP contribution in [0, 0.1) is 6.92 Å². The van der Waals surface area contributed by atoms with E-state index in [1.165, 1.54) is 11.3 Å². The van der Waals surface area contributed by atoms with Gasteiger partial charge in [0, 0.05) is 22.5 Å². The summed E-state index contributed by atoms with van der Waals surface area (Å²) >= 11 is 7.37. The maximum absolute atomic E-state index is 9.98. The van der Waals surface area contributed by atoms with Crippen LogP contribution in [0.5, 0.6) is 0 Å². The van der Waals surface area contributed by atoms with Crippen molar-refractivity contribution in [3.63, 3.8) is 0 Å². The first-order chi connectivity index (χ1) is 7.65. The molecule has 0 bridgehead atoms. The van der Waals surface area contributed by atoms with E-state index in [1.807, 2.05) is 36.6 Å². The van der Waals surface area contributed by atoms with Gasteiger partial charge >= 0.3 is 0 Å². The van der Waals surface area contributed by atoms with Crippen molar-refractivity contribution in [3.8, 4) is 0 Å². The second kappa shape index (κ2) is 4.95. The zero-order valence-electron chi connectivity index (χ0n) is 8.85. The van der Waals surface area contributed by atoms with Gasteiger partial charge in [0.25, 0.3) is 0 Å². The molecule has 1 N–H and O–H groups in total. The molecule has 16 heavy (non-hydrogen) atoms. The van der Waals surface area contributed by atoms with Crippen LogP contribution in [-0.2, 0) is 6.42 Å². The lowest BCUT2D eigenvalue weighted by Gasteiger charge is -2.07. The molecule has 1 aromatic heterocycles. The summed E-state index contributed by atoms with van der Waals surface area (Å²) in [5, 5.41) is 13.4. The van der Waals surface area contributed by atoms with E-state index in [1.54, 1.807) is 0 Å². The SMILES string of the molecule is Cc1csc(C(O)Cc2cccc(Cl)c2)n1. The predicted octanol–water partition coefficient (Wildman–Crippen LogP) is 3.38. The number of aryl methyl sites for hydroxylation is 1. The Balaban J connectivity index is 2.10. The second-order valence-corrected chi connectivity index (χ2v) is 5.00. The zero-order chi connectivity index (χ0) is 11.5. The highest BCUT2D eigenvalue weighted by molar-refractivity contribution is 7.09. The summed E-state index contributed by atoms with van der Waals surface area (Å²) in [6, 6.07) is 7.53. The molecule has 0 spiro atoms. The van der Waals surface area contributed by atoms with Gasteiger partial charge in [0.15, 0.2) is 0 Å². The van der Waals surface area contributed by atoms with Gasteiger partial charge in [-0.2, -0.15) is 0 Å². The normalized spacial score (nSPS) is 12.7. The highest BCUT2D eigenvalue weighted by Gasteiger charge is 2.12. The van der Waals surface area contributed by atoms with Gasteiger partial charge in [0.2, 0.25) is 0 Å². The van der Waals surface area contributed by atoms with E-state index >= 15 is 0 Å². The first-order valence-electron chi connectivity index (χ1n) is 4.99. The maximum Gasteiger partial charge on any atom is 0.122 e. The highest BCUT2D eigenvalue weighted by atomic mass is 35.5. The number of benzene rings is 1. The first-order valence-corrected chi connectivity index (χ1v) is 6.25. The summed E-state index contributed by atoms with van der Waals surface area (Å²) < 4.78 is 0. The van der Waals surface area contributed by atoms with Crippen LogP contribution in [0.2, 0.25) is 5.02 Å². The van der Waals surface area contributed by atoms with Crippen LogP contribution < -0.4 is 0 Å². The molecule has 1 aromatic carbocycles. The van der Waals surface area contributed by atoms with Crippen molar-refractivity contribution in [1.82, 2.24) is 4.98 Å². The summed E-state index contributed by atoms with van der Waals surface area (Å²) in [4.78, 5) is 4.26. The number of aromatic nitrogens is 1. The molecule has 0 aliphatic rings. The van der Waals surface area contributed by atoms with Gasteiger partial charge in [-0.3, -0.25) is 0 Å². The lowest BCUT2D eigenvalue weighted by Crippen LogP contribution is -2.01. The average Bonchev–Trinajstić information content (AvgIpc) is 2.65. The summed E-state index contributed by atoms with van der Waals surface area (Å²) in [5.74, 6) is 0. The monoisotopic (exact) mass is 253 g/mol. The number of aliphatic hydroxyl groups is 1. The molecule has 1 unspecified atom stereocenters. The Morgan fingerprint density at radius 1 is 1.50 bits per heavy atom. The molecular weight excluding hydrogens is 242 g/mol. The molecule has 2 rings (SSSR count). The number of hydrogen-bond donors (Lipinski definition) is 1. The van der Waals surface area contributed by atoms with E-state index < -0.39 is 6.10 Å². The molecule has 0 fully saturated rings. The minimum absolute atomic E-state index is 0.544. The Morgan fingerprint density at radius 2 is 2.31 bits per heavy atom. The smallest absolute Gasteiger partial charge is 0.122 e. The van der Waals surface area contributed by atoms with Gasteiger partial charge in [-0.05, 0) is 24.6 Å². The van der Waals surface area contributed by atoms with Crippen LogP contribution in [0.15, 0.2) is 29.6 Å². The molecule has 0 amide bonds. The Hall–Kier alpha value is -0.900. The fourth-order valence-corrected chi connectivity index (χ4v) is 2.49. The summed E-state index contributed by atoms with van der Waals surface area (Å²) in [6.45, 7) is 1.92. The molecule has 0 saturated carbocycles. The number of halogens is 1. The van der Waals surface area contributed by atoms with Crippen molar-refractivity contribution >= 4 is 22.9 Å². The molecule has 0 aliphatic heterocycles. The van der Waals surface area contributed by atoms with E-state index in [-0.39, 0.29) is 0 Å². The van der Waals surface area contributed by atoms with Crippen LogP contribution in [-0.4, -0.2) is 10.1 Å². The van der Waals surface area contributed by atoms with Crippen molar-refractivity contribution in [1.29, 1.82) is 0 Å². The topological polar surface area (TPSA) is 33.1 Å². The van der Waals surface area contributed by atoms with Gasteiger partial charge in [0.05, 0.1) is 0 Å². The van der Waals surface area contributed by atoms with E-state index in [9.17, 15) is 5.11 Å². The number of thiazole rings is 1. The van der Waals surface area contributed by atoms with Gasteiger partial charge in [-0.25, -0.2) is 4.98 Å². The Labute approximate surface area is 104 Å². The Kier molecular flexibility index (Phi) is 3.59. The minimum Gasteiger partial charge on any atom is -0.386 e. The molecular formula is C12H12ClNOS. The van der Waals surface area contributed by atoms with E-state index in [0.29, 0.717) is 11.4 Å². The molecule has 2 aromatic rings. The van der Waals surface area contributed by atoms with Crippen LogP contribution in [0.3, 0.4) is 0 Å². The fraction of sp³-hybridized carbons (Fsp3) is 0.250. The van der Waals surface area contributed by atoms with Gasteiger partial charge in [-0.1, -0.05) is 23.7 Å². The number of hydrogen-bond acceptors (Lipinski definition) is 3. The number of aliphatic hydroxyl groups excluding tert-OH is 1. The zero-order valence-corrected chi connectivity index (χ0v) is 10.4. The lowest BCUT2D eigenvalue weighted by atomic mass is 10.1.